The Morgan fingerprint density at radius 2 is 1.96 bits per heavy atom. The molecule has 0 fully saturated rings. The molecule has 2 aromatic heterocycles. The van der Waals surface area contributed by atoms with Crippen LogP contribution in [0.5, 0.6) is 5.75 Å². The minimum absolute atomic E-state index is 0.387. The average Bonchev–Trinajstić information content (AvgIpc) is 3.01. The molecular formula is C22H24N2O3. The molecule has 0 atom stereocenters. The summed E-state index contributed by atoms with van der Waals surface area (Å²) in [7, 11) is 1.62. The van der Waals surface area contributed by atoms with Crippen LogP contribution < -0.4 is 4.74 Å². The summed E-state index contributed by atoms with van der Waals surface area (Å²) < 4.78 is 12.7. The van der Waals surface area contributed by atoms with Crippen LogP contribution in [0, 0.1) is 6.92 Å². The molecule has 0 bridgehead atoms. The summed E-state index contributed by atoms with van der Waals surface area (Å²) in [5, 5.41) is 0. The number of benzene rings is 1. The number of hydrogen-bond donors (Lipinski definition) is 0. The standard InChI is InChI=1S/C22H24N2O3/c1-15-10-11-24-14-19(23-20(24)12-15)18-8-7-17(26-5)13-16(18)6-9-21(25)27-22(2,3)4/h6-14H,1-5H3/b9-6+. The molecule has 0 saturated carbocycles. The van der Waals surface area contributed by atoms with E-state index in [0.29, 0.717) is 5.75 Å². The minimum Gasteiger partial charge on any atom is -0.497 e. The Morgan fingerprint density at radius 3 is 2.67 bits per heavy atom. The van der Waals surface area contributed by atoms with Gasteiger partial charge in [0, 0.05) is 24.0 Å². The van der Waals surface area contributed by atoms with E-state index in [1.807, 2.05) is 74.8 Å². The molecule has 1 aromatic carbocycles. The highest BCUT2D eigenvalue weighted by Crippen LogP contribution is 2.28. The largest absolute Gasteiger partial charge is 0.497 e. The van der Waals surface area contributed by atoms with E-state index in [1.54, 1.807) is 13.2 Å². The molecule has 5 nitrogen and oxygen atoms in total. The predicted octanol–water partition coefficient (Wildman–Crippen LogP) is 4.67. The van der Waals surface area contributed by atoms with E-state index >= 15 is 0 Å². The van der Waals surface area contributed by atoms with Crippen molar-refractivity contribution in [3.8, 4) is 17.0 Å². The molecule has 2 heterocycles. The quantitative estimate of drug-likeness (QED) is 0.498. The Balaban J connectivity index is 2.00. The zero-order chi connectivity index (χ0) is 19.6. The van der Waals surface area contributed by atoms with Crippen LogP contribution in [0.3, 0.4) is 0 Å². The number of esters is 1. The van der Waals surface area contributed by atoms with Gasteiger partial charge >= 0.3 is 5.97 Å². The Labute approximate surface area is 159 Å². The van der Waals surface area contributed by atoms with E-state index in [1.165, 1.54) is 6.08 Å². The lowest BCUT2D eigenvalue weighted by Crippen LogP contribution is -2.22. The summed E-state index contributed by atoms with van der Waals surface area (Å²) in [6.45, 7) is 7.56. The Kier molecular flexibility index (Phi) is 5.04. The fourth-order valence-electron chi connectivity index (χ4n) is 2.75. The molecule has 0 aliphatic rings. The number of nitrogens with zero attached hydrogens (tertiary/aromatic N) is 2. The molecule has 3 rings (SSSR count). The Morgan fingerprint density at radius 1 is 1.19 bits per heavy atom. The minimum atomic E-state index is -0.530. The number of hydrogen-bond acceptors (Lipinski definition) is 4. The van der Waals surface area contributed by atoms with Gasteiger partial charge in [-0.1, -0.05) is 0 Å². The first-order valence-electron chi connectivity index (χ1n) is 8.80. The van der Waals surface area contributed by atoms with Gasteiger partial charge in [0.05, 0.1) is 12.8 Å². The number of aryl methyl sites for hydroxylation is 1. The third kappa shape index (κ3) is 4.56. The molecule has 0 spiro atoms. The maximum atomic E-state index is 12.1. The number of methoxy groups -OCH3 is 1. The van der Waals surface area contributed by atoms with Crippen molar-refractivity contribution in [2.45, 2.75) is 33.3 Å². The van der Waals surface area contributed by atoms with Gasteiger partial charge < -0.3 is 13.9 Å². The summed E-state index contributed by atoms with van der Waals surface area (Å²) in [5.41, 5.74) is 4.07. The van der Waals surface area contributed by atoms with Gasteiger partial charge in [0.25, 0.3) is 0 Å². The highest BCUT2D eigenvalue weighted by molar-refractivity contribution is 5.89. The highest BCUT2D eigenvalue weighted by atomic mass is 16.6. The molecule has 0 saturated heterocycles. The smallest absolute Gasteiger partial charge is 0.331 e. The van der Waals surface area contributed by atoms with Gasteiger partial charge in [-0.25, -0.2) is 9.78 Å². The third-order valence-corrected chi connectivity index (χ3v) is 3.96. The molecule has 140 valence electrons. The second kappa shape index (κ2) is 7.27. The van der Waals surface area contributed by atoms with E-state index in [-0.39, 0.29) is 5.97 Å². The summed E-state index contributed by atoms with van der Waals surface area (Å²) >= 11 is 0. The van der Waals surface area contributed by atoms with E-state index in [4.69, 9.17) is 14.5 Å². The van der Waals surface area contributed by atoms with Gasteiger partial charge in [-0.15, -0.1) is 0 Å². The molecule has 0 amide bonds. The second-order valence-electron chi connectivity index (χ2n) is 7.42. The van der Waals surface area contributed by atoms with Crippen molar-refractivity contribution in [3.05, 3.63) is 59.9 Å². The first-order chi connectivity index (χ1) is 12.7. The summed E-state index contributed by atoms with van der Waals surface area (Å²) in [5.74, 6) is 0.323. The fourth-order valence-corrected chi connectivity index (χ4v) is 2.75. The summed E-state index contributed by atoms with van der Waals surface area (Å²) in [4.78, 5) is 16.8. The highest BCUT2D eigenvalue weighted by Gasteiger charge is 2.15. The lowest BCUT2D eigenvalue weighted by atomic mass is 10.0. The van der Waals surface area contributed by atoms with Crippen molar-refractivity contribution >= 4 is 17.7 Å². The zero-order valence-electron chi connectivity index (χ0n) is 16.3. The van der Waals surface area contributed by atoms with Crippen molar-refractivity contribution in [3.63, 3.8) is 0 Å². The monoisotopic (exact) mass is 364 g/mol. The van der Waals surface area contributed by atoms with Crippen molar-refractivity contribution in [1.29, 1.82) is 0 Å². The van der Waals surface area contributed by atoms with Crippen LogP contribution in [0.2, 0.25) is 0 Å². The summed E-state index contributed by atoms with van der Waals surface area (Å²) in [6.07, 6.45) is 7.13. The molecule has 27 heavy (non-hydrogen) atoms. The van der Waals surface area contributed by atoms with E-state index < -0.39 is 5.60 Å². The van der Waals surface area contributed by atoms with Gasteiger partial charge in [-0.2, -0.15) is 0 Å². The van der Waals surface area contributed by atoms with E-state index in [9.17, 15) is 4.79 Å². The number of fused-ring (bicyclic) bond motifs is 1. The lowest BCUT2D eigenvalue weighted by Gasteiger charge is -2.18. The zero-order valence-corrected chi connectivity index (χ0v) is 16.3. The molecule has 0 aliphatic carbocycles. The van der Waals surface area contributed by atoms with Crippen LogP contribution in [0.1, 0.15) is 31.9 Å². The van der Waals surface area contributed by atoms with E-state index in [2.05, 4.69) is 0 Å². The van der Waals surface area contributed by atoms with Crippen molar-refractivity contribution in [2.75, 3.05) is 7.11 Å². The average molecular weight is 364 g/mol. The molecule has 0 unspecified atom stereocenters. The predicted molar refractivity (Wildman–Crippen MR) is 107 cm³/mol. The van der Waals surface area contributed by atoms with Crippen LogP contribution in [-0.2, 0) is 9.53 Å². The maximum Gasteiger partial charge on any atom is 0.331 e. The first kappa shape index (κ1) is 18.7. The van der Waals surface area contributed by atoms with Crippen molar-refractivity contribution < 1.29 is 14.3 Å². The van der Waals surface area contributed by atoms with Gasteiger partial charge in [0.2, 0.25) is 0 Å². The maximum absolute atomic E-state index is 12.1. The first-order valence-corrected chi connectivity index (χ1v) is 8.80. The molecule has 0 radical (unpaired) electrons. The van der Waals surface area contributed by atoms with Crippen LogP contribution >= 0.6 is 0 Å². The van der Waals surface area contributed by atoms with Crippen LogP contribution in [0.25, 0.3) is 23.0 Å². The number of rotatable bonds is 4. The van der Waals surface area contributed by atoms with Crippen molar-refractivity contribution in [2.24, 2.45) is 0 Å². The third-order valence-electron chi connectivity index (χ3n) is 3.96. The van der Waals surface area contributed by atoms with Gasteiger partial charge in [-0.05, 0) is 75.2 Å². The normalized spacial score (nSPS) is 11.9. The number of carbonyl (C=O) groups is 1. The number of carbonyl (C=O) groups excluding carboxylic acids is 1. The number of pyridine rings is 1. The lowest BCUT2D eigenvalue weighted by molar-refractivity contribution is -0.148. The second-order valence-corrected chi connectivity index (χ2v) is 7.42. The summed E-state index contributed by atoms with van der Waals surface area (Å²) in [6, 6.07) is 9.78. The van der Waals surface area contributed by atoms with Gasteiger partial charge in [-0.3, -0.25) is 0 Å². The van der Waals surface area contributed by atoms with Gasteiger partial charge in [0.15, 0.2) is 0 Å². The van der Waals surface area contributed by atoms with E-state index in [0.717, 1.165) is 28.0 Å². The molecule has 3 aromatic rings. The molecule has 0 aliphatic heterocycles. The van der Waals surface area contributed by atoms with Crippen LogP contribution in [0.4, 0.5) is 0 Å². The van der Waals surface area contributed by atoms with Crippen molar-refractivity contribution in [1.82, 2.24) is 9.38 Å². The number of ether oxygens (including phenoxy) is 2. The van der Waals surface area contributed by atoms with Gasteiger partial charge in [0.1, 0.15) is 17.0 Å². The molecular weight excluding hydrogens is 340 g/mol. The fraction of sp³-hybridized carbons (Fsp3) is 0.273. The molecule has 5 heteroatoms. The Hall–Kier alpha value is -3.08. The van der Waals surface area contributed by atoms with Crippen LogP contribution in [0.15, 0.2) is 48.8 Å². The SMILES string of the molecule is COc1ccc(-c2cn3ccc(C)cc3n2)c(/C=C/C(=O)OC(C)(C)C)c1. The molecule has 0 N–H and O–H groups in total. The number of aromatic nitrogens is 2. The Bertz CT molecular complexity index is 1010. The topological polar surface area (TPSA) is 52.8 Å². The number of imidazole rings is 1. The van der Waals surface area contributed by atoms with Crippen LogP contribution in [-0.4, -0.2) is 28.1 Å².